The topological polar surface area (TPSA) is 71.4 Å². The molecule has 8 heteroatoms. The van der Waals surface area contributed by atoms with Crippen LogP contribution in [-0.2, 0) is 14.8 Å². The molecule has 28 heavy (non-hydrogen) atoms. The summed E-state index contributed by atoms with van der Waals surface area (Å²) in [6.45, 7) is 1.46. The molecule has 1 amide bonds. The van der Waals surface area contributed by atoms with Crippen LogP contribution >= 0.6 is 11.6 Å². The molecule has 0 radical (unpaired) electrons. The van der Waals surface area contributed by atoms with Crippen LogP contribution in [0.3, 0.4) is 0 Å². The molecule has 1 N–H and O–H groups in total. The van der Waals surface area contributed by atoms with Crippen LogP contribution in [0.4, 0.5) is 11.4 Å². The number of nitrogens with zero attached hydrogens (tertiary/aromatic N) is 2. The van der Waals surface area contributed by atoms with Gasteiger partial charge in [0.2, 0.25) is 15.9 Å². The van der Waals surface area contributed by atoms with Gasteiger partial charge in [0.15, 0.2) is 0 Å². The lowest BCUT2D eigenvalue weighted by Gasteiger charge is -2.24. The predicted octanol–water partition coefficient (Wildman–Crippen LogP) is 3.84. The number of aryl methyl sites for hydroxylation is 1. The van der Waals surface area contributed by atoms with Gasteiger partial charge in [-0.15, -0.1) is 0 Å². The molecule has 0 fully saturated rings. The SMILES string of the molecule is Cc1ccccc1N(CC(=O)Nc1ccc(Cl)cc1-n1cccc1)S(C)(=O)=O. The van der Waals surface area contributed by atoms with Crippen LogP contribution in [0.1, 0.15) is 5.56 Å². The van der Waals surface area contributed by atoms with E-state index in [0.717, 1.165) is 16.1 Å². The van der Waals surface area contributed by atoms with Gasteiger partial charge in [0, 0.05) is 17.4 Å². The van der Waals surface area contributed by atoms with Crippen LogP contribution in [0.25, 0.3) is 5.69 Å². The van der Waals surface area contributed by atoms with E-state index < -0.39 is 15.9 Å². The molecule has 0 aliphatic carbocycles. The number of anilines is 2. The summed E-state index contributed by atoms with van der Waals surface area (Å²) in [7, 11) is -3.64. The maximum Gasteiger partial charge on any atom is 0.245 e. The quantitative estimate of drug-likeness (QED) is 0.662. The first kappa shape index (κ1) is 20.0. The van der Waals surface area contributed by atoms with Gasteiger partial charge in [-0.05, 0) is 48.9 Å². The van der Waals surface area contributed by atoms with E-state index in [1.807, 2.05) is 35.2 Å². The average molecular weight is 418 g/mol. The minimum atomic E-state index is -3.64. The van der Waals surface area contributed by atoms with Gasteiger partial charge in [0.1, 0.15) is 6.54 Å². The van der Waals surface area contributed by atoms with E-state index in [1.54, 1.807) is 43.3 Å². The molecular formula is C20H20ClN3O3S. The summed E-state index contributed by atoms with van der Waals surface area (Å²) in [6, 6.07) is 15.8. The minimum absolute atomic E-state index is 0.336. The Balaban J connectivity index is 1.88. The van der Waals surface area contributed by atoms with E-state index in [-0.39, 0.29) is 6.54 Å². The van der Waals surface area contributed by atoms with Crippen LogP contribution in [0.15, 0.2) is 67.0 Å². The molecule has 1 heterocycles. The highest BCUT2D eigenvalue weighted by Crippen LogP contribution is 2.26. The van der Waals surface area contributed by atoms with Crippen LogP contribution < -0.4 is 9.62 Å². The Hall–Kier alpha value is -2.77. The maximum atomic E-state index is 12.7. The summed E-state index contributed by atoms with van der Waals surface area (Å²) in [6.07, 6.45) is 4.75. The van der Waals surface area contributed by atoms with E-state index in [2.05, 4.69) is 5.32 Å². The molecule has 0 saturated carbocycles. The van der Waals surface area contributed by atoms with Crippen molar-refractivity contribution in [1.29, 1.82) is 0 Å². The predicted molar refractivity (Wildman–Crippen MR) is 113 cm³/mol. The van der Waals surface area contributed by atoms with Crippen molar-refractivity contribution in [2.24, 2.45) is 0 Å². The Labute approximate surface area is 169 Å². The van der Waals surface area contributed by atoms with Crippen molar-refractivity contribution in [3.8, 4) is 5.69 Å². The van der Waals surface area contributed by atoms with E-state index in [9.17, 15) is 13.2 Å². The van der Waals surface area contributed by atoms with Crippen molar-refractivity contribution in [3.05, 3.63) is 77.6 Å². The molecule has 2 aromatic carbocycles. The summed E-state index contributed by atoms with van der Waals surface area (Å²) in [5.41, 5.74) is 2.46. The fourth-order valence-electron chi connectivity index (χ4n) is 2.86. The van der Waals surface area contributed by atoms with Gasteiger partial charge in [-0.2, -0.15) is 0 Å². The van der Waals surface area contributed by atoms with Crippen LogP contribution in [-0.4, -0.2) is 31.7 Å². The van der Waals surface area contributed by atoms with E-state index in [1.165, 1.54) is 0 Å². The Morgan fingerprint density at radius 2 is 1.79 bits per heavy atom. The first-order chi connectivity index (χ1) is 13.3. The fourth-order valence-corrected chi connectivity index (χ4v) is 3.94. The molecule has 0 spiro atoms. The second-order valence-electron chi connectivity index (χ2n) is 6.36. The Morgan fingerprint density at radius 3 is 2.43 bits per heavy atom. The van der Waals surface area contributed by atoms with E-state index in [4.69, 9.17) is 11.6 Å². The summed E-state index contributed by atoms with van der Waals surface area (Å²) in [5.74, 6) is -0.454. The number of nitrogens with one attached hydrogen (secondary N) is 1. The highest BCUT2D eigenvalue weighted by atomic mass is 35.5. The van der Waals surface area contributed by atoms with E-state index >= 15 is 0 Å². The molecule has 0 unspecified atom stereocenters. The van der Waals surface area contributed by atoms with Crippen molar-refractivity contribution in [2.45, 2.75) is 6.92 Å². The zero-order valence-corrected chi connectivity index (χ0v) is 17.0. The number of halogens is 1. The Morgan fingerprint density at radius 1 is 1.11 bits per heavy atom. The normalized spacial score (nSPS) is 11.2. The van der Waals surface area contributed by atoms with Crippen molar-refractivity contribution in [3.63, 3.8) is 0 Å². The average Bonchev–Trinajstić information content (AvgIpc) is 3.15. The minimum Gasteiger partial charge on any atom is -0.323 e. The highest BCUT2D eigenvalue weighted by Gasteiger charge is 2.22. The smallest absolute Gasteiger partial charge is 0.245 e. The van der Waals surface area contributed by atoms with Crippen LogP contribution in [0, 0.1) is 6.92 Å². The number of hydrogen-bond donors (Lipinski definition) is 1. The van der Waals surface area contributed by atoms with Crippen molar-refractivity contribution >= 4 is 38.9 Å². The van der Waals surface area contributed by atoms with Crippen LogP contribution in [0.2, 0.25) is 5.02 Å². The Bertz CT molecular complexity index is 1100. The van der Waals surface area contributed by atoms with Gasteiger partial charge in [-0.1, -0.05) is 29.8 Å². The summed E-state index contributed by atoms with van der Waals surface area (Å²) in [4.78, 5) is 12.7. The number of aromatic nitrogens is 1. The number of carbonyl (C=O) groups is 1. The third-order valence-electron chi connectivity index (χ3n) is 4.19. The van der Waals surface area contributed by atoms with Gasteiger partial charge in [0.25, 0.3) is 0 Å². The molecule has 3 aromatic rings. The zero-order chi connectivity index (χ0) is 20.3. The molecule has 0 aliphatic rings. The number of hydrogen-bond acceptors (Lipinski definition) is 3. The van der Waals surface area contributed by atoms with Gasteiger partial charge >= 0.3 is 0 Å². The summed E-state index contributed by atoms with van der Waals surface area (Å²) in [5, 5.41) is 3.32. The molecule has 3 rings (SSSR count). The first-order valence-corrected chi connectivity index (χ1v) is 10.7. The second kappa shape index (κ2) is 8.08. The van der Waals surface area contributed by atoms with Crippen molar-refractivity contribution in [2.75, 3.05) is 22.4 Å². The van der Waals surface area contributed by atoms with Crippen LogP contribution in [0.5, 0.6) is 0 Å². The molecule has 0 saturated heterocycles. The number of carbonyl (C=O) groups excluding carboxylic acids is 1. The molecule has 0 aliphatic heterocycles. The highest BCUT2D eigenvalue weighted by molar-refractivity contribution is 7.92. The lowest BCUT2D eigenvalue weighted by atomic mass is 10.2. The lowest BCUT2D eigenvalue weighted by molar-refractivity contribution is -0.114. The summed E-state index contributed by atoms with van der Waals surface area (Å²) >= 11 is 6.10. The Kier molecular flexibility index (Phi) is 5.76. The van der Waals surface area contributed by atoms with Gasteiger partial charge < -0.3 is 9.88 Å². The molecule has 0 atom stereocenters. The number of benzene rings is 2. The van der Waals surface area contributed by atoms with E-state index in [0.29, 0.717) is 22.1 Å². The third-order valence-corrected chi connectivity index (χ3v) is 5.55. The standard InChI is InChI=1S/C20H20ClN3O3S/c1-15-7-3-4-8-18(15)24(28(2,26)27)14-20(25)22-17-10-9-16(21)13-19(17)23-11-5-6-12-23/h3-13H,14H2,1-2H3,(H,22,25). The number of sulfonamides is 1. The van der Waals surface area contributed by atoms with Gasteiger partial charge in [0.05, 0.1) is 23.3 Å². The maximum absolute atomic E-state index is 12.7. The third kappa shape index (κ3) is 4.55. The number of rotatable bonds is 6. The fraction of sp³-hybridized carbons (Fsp3) is 0.150. The molecule has 146 valence electrons. The van der Waals surface area contributed by atoms with Crippen molar-refractivity contribution < 1.29 is 13.2 Å². The molecule has 0 bridgehead atoms. The lowest BCUT2D eigenvalue weighted by Crippen LogP contribution is -2.38. The first-order valence-electron chi connectivity index (χ1n) is 8.52. The summed E-state index contributed by atoms with van der Waals surface area (Å²) < 4.78 is 27.5. The zero-order valence-electron chi connectivity index (χ0n) is 15.5. The second-order valence-corrected chi connectivity index (χ2v) is 8.70. The largest absolute Gasteiger partial charge is 0.323 e. The molecule has 6 nitrogen and oxygen atoms in total. The monoisotopic (exact) mass is 417 g/mol. The molecular weight excluding hydrogens is 398 g/mol. The number of para-hydroxylation sites is 1. The van der Waals surface area contributed by atoms with Crippen molar-refractivity contribution in [1.82, 2.24) is 4.57 Å². The number of amides is 1. The van der Waals surface area contributed by atoms with Gasteiger partial charge in [-0.3, -0.25) is 9.10 Å². The molecule has 1 aromatic heterocycles. The van der Waals surface area contributed by atoms with Gasteiger partial charge in [-0.25, -0.2) is 8.42 Å².